The number of rotatable bonds is 2. The lowest BCUT2D eigenvalue weighted by molar-refractivity contribution is 0.180. The van der Waals surface area contributed by atoms with Gasteiger partial charge in [-0.3, -0.25) is 0 Å². The highest BCUT2D eigenvalue weighted by Crippen LogP contribution is 2.33. The van der Waals surface area contributed by atoms with Gasteiger partial charge in [0.2, 0.25) is 0 Å². The van der Waals surface area contributed by atoms with Gasteiger partial charge in [0.05, 0.1) is 12.1 Å². The molecule has 1 aliphatic rings. The van der Waals surface area contributed by atoms with Crippen LogP contribution in [0.4, 0.5) is 0 Å². The molecular formula is C16H17ClN2OS. The maximum atomic E-state index is 6.23. The molecule has 0 fully saturated rings. The molecule has 110 valence electrons. The van der Waals surface area contributed by atoms with Gasteiger partial charge in [0.15, 0.2) is 5.75 Å². The average molecular weight is 321 g/mol. The third kappa shape index (κ3) is 2.70. The van der Waals surface area contributed by atoms with E-state index in [1.165, 1.54) is 0 Å². The first-order valence-corrected chi connectivity index (χ1v) is 7.93. The van der Waals surface area contributed by atoms with Crippen LogP contribution in [0.3, 0.4) is 0 Å². The van der Waals surface area contributed by atoms with Crippen molar-refractivity contribution in [2.75, 3.05) is 19.5 Å². The molecule has 3 rings (SSSR count). The molecule has 0 aliphatic carbocycles. The Labute approximate surface area is 134 Å². The van der Waals surface area contributed by atoms with Crippen molar-refractivity contribution in [3.8, 4) is 5.75 Å². The van der Waals surface area contributed by atoms with Crippen LogP contribution in [-0.2, 0) is 0 Å². The fourth-order valence-corrected chi connectivity index (χ4v) is 3.10. The van der Waals surface area contributed by atoms with Gasteiger partial charge in [0, 0.05) is 24.0 Å². The Morgan fingerprint density at radius 2 is 2.14 bits per heavy atom. The SMILES string of the molecule is Cc1ccc2ccc3c(c2n1)OC(CCCl)CN(C)C3=S. The number of alkyl halides is 1. The van der Waals surface area contributed by atoms with Crippen molar-refractivity contribution in [2.45, 2.75) is 19.4 Å². The number of hydrogen-bond donors (Lipinski definition) is 0. The fourth-order valence-electron chi connectivity index (χ4n) is 2.62. The van der Waals surface area contributed by atoms with Gasteiger partial charge >= 0.3 is 0 Å². The molecule has 0 amide bonds. The summed E-state index contributed by atoms with van der Waals surface area (Å²) in [6, 6.07) is 8.14. The van der Waals surface area contributed by atoms with E-state index in [2.05, 4.69) is 16.0 Å². The van der Waals surface area contributed by atoms with Crippen molar-refractivity contribution in [3.63, 3.8) is 0 Å². The van der Waals surface area contributed by atoms with Crippen LogP contribution in [0.5, 0.6) is 5.75 Å². The number of aryl methyl sites for hydroxylation is 1. The molecule has 0 spiro atoms. The predicted molar refractivity (Wildman–Crippen MR) is 90.6 cm³/mol. The molecule has 1 aromatic carbocycles. The molecule has 2 heterocycles. The molecule has 0 bridgehead atoms. The molecule has 0 radical (unpaired) electrons. The molecule has 1 aliphatic heterocycles. The summed E-state index contributed by atoms with van der Waals surface area (Å²) in [4.78, 5) is 7.50. The highest BCUT2D eigenvalue weighted by Gasteiger charge is 2.26. The minimum atomic E-state index is 0.0274. The lowest BCUT2D eigenvalue weighted by Crippen LogP contribution is -2.33. The molecule has 1 atom stereocenters. The van der Waals surface area contributed by atoms with Crippen molar-refractivity contribution in [3.05, 3.63) is 35.5 Å². The smallest absolute Gasteiger partial charge is 0.156 e. The normalized spacial score (nSPS) is 18.3. The number of fused-ring (bicyclic) bond motifs is 3. The van der Waals surface area contributed by atoms with Crippen LogP contribution >= 0.6 is 23.8 Å². The Bertz CT molecular complexity index is 704. The van der Waals surface area contributed by atoms with E-state index in [4.69, 9.17) is 28.6 Å². The largest absolute Gasteiger partial charge is 0.485 e. The number of thiocarbonyl (C=S) groups is 1. The predicted octanol–water partition coefficient (Wildman–Crippen LogP) is 3.54. The fraction of sp³-hybridized carbons (Fsp3) is 0.375. The lowest BCUT2D eigenvalue weighted by atomic mass is 10.1. The number of nitrogens with zero attached hydrogens (tertiary/aromatic N) is 2. The van der Waals surface area contributed by atoms with E-state index in [-0.39, 0.29) is 6.10 Å². The summed E-state index contributed by atoms with van der Waals surface area (Å²) < 4.78 is 6.23. The van der Waals surface area contributed by atoms with Gasteiger partial charge in [-0.1, -0.05) is 24.4 Å². The van der Waals surface area contributed by atoms with Crippen LogP contribution in [0.25, 0.3) is 10.9 Å². The van der Waals surface area contributed by atoms with Gasteiger partial charge < -0.3 is 9.64 Å². The van der Waals surface area contributed by atoms with E-state index in [0.717, 1.165) is 45.9 Å². The minimum absolute atomic E-state index is 0.0274. The Morgan fingerprint density at radius 3 is 2.90 bits per heavy atom. The van der Waals surface area contributed by atoms with E-state index >= 15 is 0 Å². The van der Waals surface area contributed by atoms with Gasteiger partial charge in [-0.25, -0.2) is 4.98 Å². The van der Waals surface area contributed by atoms with Crippen molar-refractivity contribution < 1.29 is 4.74 Å². The van der Waals surface area contributed by atoms with Crippen molar-refractivity contribution in [1.82, 2.24) is 9.88 Å². The summed E-state index contributed by atoms with van der Waals surface area (Å²) in [5, 5.41) is 1.07. The molecular weight excluding hydrogens is 304 g/mol. The van der Waals surface area contributed by atoms with Crippen LogP contribution in [0.15, 0.2) is 24.3 Å². The Balaban J connectivity index is 2.20. The zero-order valence-corrected chi connectivity index (χ0v) is 13.7. The average Bonchev–Trinajstić information content (AvgIpc) is 2.58. The van der Waals surface area contributed by atoms with E-state index in [0.29, 0.717) is 5.88 Å². The number of ether oxygens (including phenoxy) is 1. The Hall–Kier alpha value is -1.39. The number of pyridine rings is 1. The van der Waals surface area contributed by atoms with Gasteiger partial charge in [0.1, 0.15) is 16.6 Å². The molecule has 21 heavy (non-hydrogen) atoms. The summed E-state index contributed by atoms with van der Waals surface area (Å²) in [6.07, 6.45) is 0.815. The van der Waals surface area contributed by atoms with Crippen LogP contribution in [0.1, 0.15) is 17.7 Å². The second kappa shape index (κ2) is 5.78. The van der Waals surface area contributed by atoms with Crippen molar-refractivity contribution >= 4 is 39.7 Å². The molecule has 2 aromatic rings. The van der Waals surface area contributed by atoms with Crippen LogP contribution in [-0.4, -0.2) is 40.4 Å². The minimum Gasteiger partial charge on any atom is -0.485 e. The Kier molecular flexibility index (Phi) is 4.00. The quantitative estimate of drug-likeness (QED) is 0.624. The van der Waals surface area contributed by atoms with Gasteiger partial charge in [-0.05, 0) is 25.5 Å². The summed E-state index contributed by atoms with van der Waals surface area (Å²) >= 11 is 11.5. The summed E-state index contributed by atoms with van der Waals surface area (Å²) in [6.45, 7) is 2.73. The van der Waals surface area contributed by atoms with Crippen molar-refractivity contribution in [2.24, 2.45) is 0 Å². The highest BCUT2D eigenvalue weighted by molar-refractivity contribution is 7.80. The summed E-state index contributed by atoms with van der Waals surface area (Å²) in [5.41, 5.74) is 2.79. The van der Waals surface area contributed by atoms with Gasteiger partial charge in [-0.15, -0.1) is 11.6 Å². The zero-order chi connectivity index (χ0) is 15.0. The Morgan fingerprint density at radius 1 is 1.38 bits per heavy atom. The number of halogens is 1. The molecule has 0 N–H and O–H groups in total. The van der Waals surface area contributed by atoms with Crippen LogP contribution in [0.2, 0.25) is 0 Å². The molecule has 0 saturated heterocycles. The lowest BCUT2D eigenvalue weighted by Gasteiger charge is -2.20. The molecule has 1 aromatic heterocycles. The molecule has 1 unspecified atom stereocenters. The zero-order valence-electron chi connectivity index (χ0n) is 12.1. The summed E-state index contributed by atoms with van der Waals surface area (Å²) in [5.74, 6) is 1.36. The van der Waals surface area contributed by atoms with E-state index < -0.39 is 0 Å². The number of likely N-dealkylation sites (N-methyl/N-ethyl adjacent to an activating group) is 1. The van der Waals surface area contributed by atoms with E-state index in [1.54, 1.807) is 0 Å². The van der Waals surface area contributed by atoms with Gasteiger partial charge in [-0.2, -0.15) is 0 Å². The van der Waals surface area contributed by atoms with E-state index in [9.17, 15) is 0 Å². The maximum Gasteiger partial charge on any atom is 0.156 e. The number of hydrogen-bond acceptors (Lipinski definition) is 3. The topological polar surface area (TPSA) is 25.4 Å². The third-order valence-corrected chi connectivity index (χ3v) is 4.47. The number of aromatic nitrogens is 1. The maximum absolute atomic E-state index is 6.23. The first-order valence-electron chi connectivity index (χ1n) is 6.98. The number of benzene rings is 1. The monoisotopic (exact) mass is 320 g/mol. The highest BCUT2D eigenvalue weighted by atomic mass is 35.5. The summed E-state index contributed by atoms with van der Waals surface area (Å²) in [7, 11) is 2.00. The van der Waals surface area contributed by atoms with E-state index in [1.807, 2.05) is 32.2 Å². The standard InChI is InChI=1S/C16H17ClN2OS/c1-10-3-4-11-5-6-13-15(14(11)18-10)20-12(7-8-17)9-19(2)16(13)21/h3-6,12H,7-9H2,1-2H3. The molecule has 0 saturated carbocycles. The second-order valence-corrected chi connectivity index (χ2v) is 6.13. The first-order chi connectivity index (χ1) is 10.1. The van der Waals surface area contributed by atoms with Crippen LogP contribution < -0.4 is 4.74 Å². The van der Waals surface area contributed by atoms with Crippen molar-refractivity contribution in [1.29, 1.82) is 0 Å². The van der Waals surface area contributed by atoms with Gasteiger partial charge in [0.25, 0.3) is 0 Å². The second-order valence-electron chi connectivity index (χ2n) is 5.37. The molecule has 5 heteroatoms. The first kappa shape index (κ1) is 14.5. The molecule has 3 nitrogen and oxygen atoms in total. The third-order valence-electron chi connectivity index (χ3n) is 3.73. The van der Waals surface area contributed by atoms with Crippen LogP contribution in [0, 0.1) is 6.92 Å².